The molecule has 0 heterocycles. The second kappa shape index (κ2) is 15.8. The van der Waals surface area contributed by atoms with Gasteiger partial charge in [-0.15, -0.1) is 0 Å². The van der Waals surface area contributed by atoms with Crippen molar-refractivity contribution in [1.82, 2.24) is 0 Å². The third-order valence-corrected chi connectivity index (χ3v) is 9.20. The van der Waals surface area contributed by atoms with Crippen molar-refractivity contribution in [3.63, 3.8) is 0 Å². The summed E-state index contributed by atoms with van der Waals surface area (Å²) in [7, 11) is 0. The number of hydrogen-bond donors (Lipinski definition) is 0. The normalized spacial score (nSPS) is 22.8. The SMILES string of the molecule is CCCCCCc1cc(F)c(C(F)(F)OC2CCC(C=CC3CCC(C(F)(F)Oc4cc(F)c(C(F)(F)F)c(F)c4)CC3)CC2)c(F)c1. The zero-order valence-corrected chi connectivity index (χ0v) is 26.4. The van der Waals surface area contributed by atoms with E-state index in [9.17, 15) is 48.3 Å². The fraction of sp³-hybridized carbons (Fsp3) is 0.600. The maximum Gasteiger partial charge on any atom is 0.422 e. The summed E-state index contributed by atoms with van der Waals surface area (Å²) < 4.78 is 164. The lowest BCUT2D eigenvalue weighted by Gasteiger charge is -2.33. The molecule has 0 N–H and O–H groups in total. The summed E-state index contributed by atoms with van der Waals surface area (Å²) in [4.78, 5) is 0. The Hall–Kier alpha value is -2.83. The van der Waals surface area contributed by atoms with E-state index in [1.54, 1.807) is 0 Å². The van der Waals surface area contributed by atoms with Crippen LogP contribution < -0.4 is 4.74 Å². The first-order valence-corrected chi connectivity index (χ1v) is 16.4. The summed E-state index contributed by atoms with van der Waals surface area (Å²) in [5, 5.41) is 0. The van der Waals surface area contributed by atoms with Crippen LogP contribution in [0.5, 0.6) is 5.75 Å². The number of alkyl halides is 7. The van der Waals surface area contributed by atoms with Gasteiger partial charge in [0.2, 0.25) is 0 Å². The molecule has 0 radical (unpaired) electrons. The van der Waals surface area contributed by atoms with Gasteiger partial charge >= 0.3 is 18.4 Å². The Morgan fingerprint density at radius 3 is 1.65 bits per heavy atom. The zero-order chi connectivity index (χ0) is 35.3. The van der Waals surface area contributed by atoms with Gasteiger partial charge in [-0.1, -0.05) is 38.3 Å². The molecule has 0 atom stereocenters. The van der Waals surface area contributed by atoms with Crippen molar-refractivity contribution in [2.45, 2.75) is 115 Å². The highest BCUT2D eigenvalue weighted by Crippen LogP contribution is 2.43. The van der Waals surface area contributed by atoms with Crippen molar-refractivity contribution in [2.75, 3.05) is 0 Å². The molecule has 2 aliphatic rings. The van der Waals surface area contributed by atoms with Crippen LogP contribution in [0.2, 0.25) is 0 Å². The van der Waals surface area contributed by atoms with Crippen molar-refractivity contribution >= 4 is 0 Å². The molecule has 2 saturated carbocycles. The highest BCUT2D eigenvalue weighted by Gasteiger charge is 2.45. The van der Waals surface area contributed by atoms with E-state index in [1.807, 2.05) is 19.1 Å². The van der Waals surface area contributed by atoms with Gasteiger partial charge < -0.3 is 9.47 Å². The van der Waals surface area contributed by atoms with Crippen molar-refractivity contribution < 1.29 is 57.8 Å². The number of aryl methyl sites for hydroxylation is 1. The smallest absolute Gasteiger partial charge is 0.422 e. The van der Waals surface area contributed by atoms with Gasteiger partial charge in [-0.3, -0.25) is 0 Å². The Kier molecular flexibility index (Phi) is 12.5. The van der Waals surface area contributed by atoms with Crippen molar-refractivity contribution in [2.24, 2.45) is 17.8 Å². The molecule has 0 bridgehead atoms. The largest absolute Gasteiger partial charge is 0.432 e. The summed E-state index contributed by atoms with van der Waals surface area (Å²) in [5.74, 6) is -9.25. The van der Waals surface area contributed by atoms with Crippen LogP contribution in [0.15, 0.2) is 36.4 Å². The third kappa shape index (κ3) is 9.88. The summed E-state index contributed by atoms with van der Waals surface area (Å²) in [6.07, 6.45) is -4.56. The Morgan fingerprint density at radius 2 is 1.15 bits per heavy atom. The Bertz CT molecular complexity index is 1340. The van der Waals surface area contributed by atoms with Gasteiger partial charge in [0.1, 0.15) is 40.1 Å². The zero-order valence-electron chi connectivity index (χ0n) is 26.4. The fourth-order valence-corrected chi connectivity index (χ4v) is 6.55. The van der Waals surface area contributed by atoms with Crippen LogP contribution >= 0.6 is 0 Å². The lowest BCUT2D eigenvalue weighted by atomic mass is 9.80. The van der Waals surface area contributed by atoms with E-state index < -0.39 is 70.6 Å². The number of benzene rings is 2. The Balaban J connectivity index is 1.23. The van der Waals surface area contributed by atoms with E-state index in [1.165, 1.54) is 0 Å². The molecule has 0 amide bonds. The molecule has 0 aromatic heterocycles. The first kappa shape index (κ1) is 38.0. The maximum absolute atomic E-state index is 14.9. The Labute approximate surface area is 272 Å². The van der Waals surface area contributed by atoms with Crippen LogP contribution in [0.3, 0.4) is 0 Å². The maximum atomic E-state index is 14.9. The standard InChI is InChI=1S/C35H39F11O2/c1-2-3-4-5-6-23-17-27(36)32(28(37)18-23)35(45,46)47-25-15-11-22(12-16-25)8-7-21-9-13-24(14-10-21)34(43,44)48-26-19-29(38)31(30(39)20-26)33(40,41)42/h7-8,17-22,24-25H,2-6,9-16H2,1H3. The van der Waals surface area contributed by atoms with Crippen molar-refractivity contribution in [3.05, 3.63) is 76.4 Å². The molecule has 0 unspecified atom stereocenters. The first-order chi connectivity index (χ1) is 22.5. The first-order valence-electron chi connectivity index (χ1n) is 16.4. The lowest BCUT2D eigenvalue weighted by molar-refractivity contribution is -0.280. The molecular formula is C35H39F11O2. The quantitative estimate of drug-likeness (QED) is 0.118. The van der Waals surface area contributed by atoms with E-state index in [0.29, 0.717) is 44.1 Å². The van der Waals surface area contributed by atoms with Crippen LogP contribution in [0.1, 0.15) is 101 Å². The van der Waals surface area contributed by atoms with E-state index in [4.69, 9.17) is 4.74 Å². The van der Waals surface area contributed by atoms with Crippen LogP contribution in [-0.4, -0.2) is 12.2 Å². The summed E-state index contributed by atoms with van der Waals surface area (Å²) >= 11 is 0. The molecule has 268 valence electrons. The number of allylic oxidation sites excluding steroid dienone is 2. The average Bonchev–Trinajstić information content (AvgIpc) is 2.97. The van der Waals surface area contributed by atoms with Crippen LogP contribution in [0.4, 0.5) is 48.3 Å². The molecule has 2 aromatic carbocycles. The number of unbranched alkanes of at least 4 members (excludes halogenated alkanes) is 3. The molecule has 4 rings (SSSR count). The minimum absolute atomic E-state index is 0.00546. The van der Waals surface area contributed by atoms with Gasteiger partial charge in [-0.05, 0) is 93.7 Å². The van der Waals surface area contributed by atoms with Gasteiger partial charge in [0.15, 0.2) is 0 Å². The molecule has 48 heavy (non-hydrogen) atoms. The number of ether oxygens (including phenoxy) is 2. The molecule has 2 aromatic rings. The predicted molar refractivity (Wildman–Crippen MR) is 156 cm³/mol. The van der Waals surface area contributed by atoms with Crippen molar-refractivity contribution in [3.8, 4) is 5.75 Å². The monoisotopic (exact) mass is 700 g/mol. The van der Waals surface area contributed by atoms with Crippen LogP contribution in [0, 0.1) is 41.0 Å². The molecule has 2 aliphatic carbocycles. The highest BCUT2D eigenvalue weighted by atomic mass is 19.4. The van der Waals surface area contributed by atoms with Gasteiger partial charge in [0.05, 0.1) is 12.0 Å². The second-order valence-electron chi connectivity index (χ2n) is 12.8. The van der Waals surface area contributed by atoms with Crippen molar-refractivity contribution in [1.29, 1.82) is 0 Å². The summed E-state index contributed by atoms with van der Waals surface area (Å²) in [5.41, 5.74) is -3.27. The lowest BCUT2D eigenvalue weighted by Crippen LogP contribution is -2.37. The average molecular weight is 701 g/mol. The second-order valence-corrected chi connectivity index (χ2v) is 12.8. The number of hydrogen-bond acceptors (Lipinski definition) is 2. The molecule has 0 aliphatic heterocycles. The summed E-state index contributed by atoms with van der Waals surface area (Å²) in [6, 6.07) is 2.04. The van der Waals surface area contributed by atoms with E-state index in [0.717, 1.165) is 31.4 Å². The molecular weight excluding hydrogens is 661 g/mol. The third-order valence-electron chi connectivity index (χ3n) is 9.20. The molecule has 0 saturated heterocycles. The highest BCUT2D eigenvalue weighted by molar-refractivity contribution is 5.32. The van der Waals surface area contributed by atoms with Gasteiger partial charge in [-0.2, -0.15) is 30.7 Å². The van der Waals surface area contributed by atoms with Crippen LogP contribution in [-0.2, 0) is 23.4 Å². The van der Waals surface area contributed by atoms with Gasteiger partial charge in [-0.25, -0.2) is 17.6 Å². The minimum atomic E-state index is -5.34. The number of rotatable bonds is 13. The number of halogens is 11. The van der Waals surface area contributed by atoms with E-state index >= 15 is 0 Å². The topological polar surface area (TPSA) is 18.5 Å². The molecule has 2 fully saturated rings. The minimum Gasteiger partial charge on any atom is -0.432 e. The van der Waals surface area contributed by atoms with Gasteiger partial charge in [0, 0.05) is 12.1 Å². The Morgan fingerprint density at radius 1 is 0.646 bits per heavy atom. The van der Waals surface area contributed by atoms with Crippen LogP contribution in [0.25, 0.3) is 0 Å². The molecule has 0 spiro atoms. The van der Waals surface area contributed by atoms with E-state index in [-0.39, 0.29) is 49.7 Å². The summed E-state index contributed by atoms with van der Waals surface area (Å²) in [6.45, 7) is 2.03. The van der Waals surface area contributed by atoms with Gasteiger partial charge in [0.25, 0.3) is 0 Å². The fourth-order valence-electron chi connectivity index (χ4n) is 6.55. The molecule has 13 heteroatoms. The predicted octanol–water partition coefficient (Wildman–Crippen LogP) is 12.0. The van der Waals surface area contributed by atoms with E-state index in [2.05, 4.69) is 4.74 Å². The molecule has 2 nitrogen and oxygen atoms in total.